The summed E-state index contributed by atoms with van der Waals surface area (Å²) in [4.78, 5) is 14.2. The van der Waals surface area contributed by atoms with Crippen LogP contribution in [-0.4, -0.2) is 29.7 Å². The molecule has 0 aromatic heterocycles. The van der Waals surface area contributed by atoms with Gasteiger partial charge < -0.3 is 9.47 Å². The van der Waals surface area contributed by atoms with E-state index in [1.165, 1.54) is 0 Å². The van der Waals surface area contributed by atoms with Gasteiger partial charge in [-0.2, -0.15) is 0 Å². The van der Waals surface area contributed by atoms with Crippen molar-refractivity contribution in [2.45, 2.75) is 45.8 Å². The van der Waals surface area contributed by atoms with Crippen molar-refractivity contribution in [1.82, 2.24) is 4.90 Å². The van der Waals surface area contributed by atoms with Crippen molar-refractivity contribution in [3.8, 4) is 5.75 Å². The molecule has 20 heavy (non-hydrogen) atoms. The Balaban J connectivity index is 2.28. The van der Waals surface area contributed by atoms with Crippen molar-refractivity contribution in [2.24, 2.45) is 0 Å². The molecule has 1 atom stereocenters. The van der Waals surface area contributed by atoms with Crippen LogP contribution in [0.4, 0.5) is 4.79 Å². The lowest BCUT2D eigenvalue weighted by Crippen LogP contribution is -2.40. The number of amides is 1. The van der Waals surface area contributed by atoms with E-state index in [1.54, 1.807) is 4.90 Å². The van der Waals surface area contributed by atoms with Crippen LogP contribution in [-0.2, 0) is 4.74 Å². The highest BCUT2D eigenvalue weighted by atomic mass is 16.6. The smallest absolute Gasteiger partial charge is 0.410 e. The molecular formula is C16H23NO3. The van der Waals surface area contributed by atoms with Gasteiger partial charge in [-0.05, 0) is 33.3 Å². The molecule has 4 heteroatoms. The number of para-hydroxylation sites is 1. The maximum absolute atomic E-state index is 12.4. The Hall–Kier alpha value is -1.71. The predicted molar refractivity (Wildman–Crippen MR) is 77.9 cm³/mol. The molecule has 1 aliphatic rings. The highest BCUT2D eigenvalue weighted by Crippen LogP contribution is 2.34. The van der Waals surface area contributed by atoms with E-state index in [0.717, 1.165) is 17.7 Å². The minimum absolute atomic E-state index is 0.00329. The summed E-state index contributed by atoms with van der Waals surface area (Å²) in [5, 5.41) is 0. The van der Waals surface area contributed by atoms with Crippen LogP contribution < -0.4 is 4.74 Å². The number of ether oxygens (including phenoxy) is 2. The van der Waals surface area contributed by atoms with Crippen LogP contribution in [0.25, 0.3) is 0 Å². The second kappa shape index (κ2) is 5.73. The minimum atomic E-state index is -0.484. The first-order valence-electron chi connectivity index (χ1n) is 7.13. The molecule has 1 heterocycles. The van der Waals surface area contributed by atoms with Gasteiger partial charge in [0.2, 0.25) is 0 Å². The SMILES string of the molecule is CCC1c2ccccc2OCCN1C(=O)OC(C)(C)C. The number of hydrogen-bond donors (Lipinski definition) is 0. The number of nitrogens with zero attached hydrogens (tertiary/aromatic N) is 1. The van der Waals surface area contributed by atoms with Crippen molar-refractivity contribution in [1.29, 1.82) is 0 Å². The average molecular weight is 277 g/mol. The van der Waals surface area contributed by atoms with Gasteiger partial charge in [0, 0.05) is 5.56 Å². The average Bonchev–Trinajstić information content (AvgIpc) is 2.55. The highest BCUT2D eigenvalue weighted by Gasteiger charge is 2.31. The standard InChI is InChI=1S/C16H23NO3/c1-5-13-12-8-6-7-9-14(12)19-11-10-17(13)15(18)20-16(2,3)4/h6-9,13H,5,10-11H2,1-4H3. The zero-order chi connectivity index (χ0) is 14.8. The fourth-order valence-corrected chi connectivity index (χ4v) is 2.44. The molecule has 110 valence electrons. The second-order valence-electron chi connectivity index (χ2n) is 5.98. The van der Waals surface area contributed by atoms with Crippen molar-refractivity contribution >= 4 is 6.09 Å². The van der Waals surface area contributed by atoms with Crippen LogP contribution in [0.5, 0.6) is 5.75 Å². The van der Waals surface area contributed by atoms with Gasteiger partial charge in [-0.25, -0.2) is 4.79 Å². The molecule has 2 rings (SSSR count). The summed E-state index contributed by atoms with van der Waals surface area (Å²) in [5.41, 5.74) is 0.570. The number of fused-ring (bicyclic) bond motifs is 1. The fraction of sp³-hybridized carbons (Fsp3) is 0.562. The molecule has 0 bridgehead atoms. The zero-order valence-corrected chi connectivity index (χ0v) is 12.7. The summed E-state index contributed by atoms with van der Waals surface area (Å²) in [5.74, 6) is 0.866. The Labute approximate surface area is 120 Å². The normalized spacial score (nSPS) is 18.8. The van der Waals surface area contributed by atoms with Crippen LogP contribution in [0.15, 0.2) is 24.3 Å². The maximum Gasteiger partial charge on any atom is 0.410 e. The van der Waals surface area contributed by atoms with Gasteiger partial charge in [0.25, 0.3) is 0 Å². The van der Waals surface area contributed by atoms with Crippen LogP contribution in [0.1, 0.15) is 45.7 Å². The second-order valence-corrected chi connectivity index (χ2v) is 5.98. The number of carbonyl (C=O) groups is 1. The lowest BCUT2D eigenvalue weighted by atomic mass is 10.0. The molecule has 0 fully saturated rings. The number of carbonyl (C=O) groups excluding carboxylic acids is 1. The highest BCUT2D eigenvalue weighted by molar-refractivity contribution is 5.69. The summed E-state index contributed by atoms with van der Waals surface area (Å²) < 4.78 is 11.3. The third kappa shape index (κ3) is 3.24. The maximum atomic E-state index is 12.4. The van der Waals surface area contributed by atoms with E-state index in [4.69, 9.17) is 9.47 Å². The van der Waals surface area contributed by atoms with E-state index in [-0.39, 0.29) is 12.1 Å². The van der Waals surface area contributed by atoms with Crippen LogP contribution in [0.3, 0.4) is 0 Å². The molecule has 1 aromatic carbocycles. The predicted octanol–water partition coefficient (Wildman–Crippen LogP) is 3.77. The first-order chi connectivity index (χ1) is 9.42. The molecular weight excluding hydrogens is 254 g/mol. The molecule has 1 aliphatic heterocycles. The van der Waals surface area contributed by atoms with Crippen LogP contribution in [0, 0.1) is 0 Å². The third-order valence-electron chi connectivity index (χ3n) is 3.26. The van der Waals surface area contributed by atoms with E-state index in [0.29, 0.717) is 13.2 Å². The molecule has 0 saturated heterocycles. The van der Waals surface area contributed by atoms with Gasteiger partial charge >= 0.3 is 6.09 Å². The summed E-state index contributed by atoms with van der Waals surface area (Å²) in [6.07, 6.45) is 0.559. The van der Waals surface area contributed by atoms with Gasteiger partial charge in [0.1, 0.15) is 18.0 Å². The lowest BCUT2D eigenvalue weighted by molar-refractivity contribution is 0.0147. The molecule has 0 N–H and O–H groups in total. The quantitative estimate of drug-likeness (QED) is 0.784. The summed E-state index contributed by atoms with van der Waals surface area (Å²) in [7, 11) is 0. The van der Waals surface area contributed by atoms with Crippen LogP contribution >= 0.6 is 0 Å². The Morgan fingerprint density at radius 1 is 1.40 bits per heavy atom. The molecule has 4 nitrogen and oxygen atoms in total. The number of hydrogen-bond acceptors (Lipinski definition) is 3. The van der Waals surface area contributed by atoms with Crippen molar-refractivity contribution in [3.63, 3.8) is 0 Å². The molecule has 1 amide bonds. The molecule has 0 radical (unpaired) electrons. The molecule has 0 saturated carbocycles. The zero-order valence-electron chi connectivity index (χ0n) is 12.7. The van der Waals surface area contributed by atoms with E-state index in [2.05, 4.69) is 6.92 Å². The van der Waals surface area contributed by atoms with Crippen molar-refractivity contribution in [2.75, 3.05) is 13.2 Å². The van der Waals surface area contributed by atoms with E-state index < -0.39 is 5.60 Å². The first-order valence-corrected chi connectivity index (χ1v) is 7.13. The number of benzene rings is 1. The van der Waals surface area contributed by atoms with Crippen LogP contribution in [0.2, 0.25) is 0 Å². The Morgan fingerprint density at radius 3 is 2.75 bits per heavy atom. The van der Waals surface area contributed by atoms with Gasteiger partial charge in [0.05, 0.1) is 12.6 Å². The topological polar surface area (TPSA) is 38.8 Å². The van der Waals surface area contributed by atoms with Gasteiger partial charge in [-0.15, -0.1) is 0 Å². The van der Waals surface area contributed by atoms with Gasteiger partial charge in [-0.1, -0.05) is 25.1 Å². The molecule has 0 spiro atoms. The van der Waals surface area contributed by atoms with E-state index in [1.807, 2.05) is 45.0 Å². The van der Waals surface area contributed by atoms with Gasteiger partial charge in [0.15, 0.2) is 0 Å². The molecule has 0 aliphatic carbocycles. The Kier molecular flexibility index (Phi) is 4.21. The third-order valence-corrected chi connectivity index (χ3v) is 3.26. The fourth-order valence-electron chi connectivity index (χ4n) is 2.44. The van der Waals surface area contributed by atoms with Crippen molar-refractivity contribution in [3.05, 3.63) is 29.8 Å². The van der Waals surface area contributed by atoms with Crippen molar-refractivity contribution < 1.29 is 14.3 Å². The minimum Gasteiger partial charge on any atom is -0.491 e. The Bertz CT molecular complexity index is 479. The molecule has 1 unspecified atom stereocenters. The largest absolute Gasteiger partial charge is 0.491 e. The lowest BCUT2D eigenvalue weighted by Gasteiger charge is -2.31. The summed E-state index contributed by atoms with van der Waals surface area (Å²) in [6, 6.07) is 7.91. The van der Waals surface area contributed by atoms with Gasteiger partial charge in [-0.3, -0.25) is 4.90 Å². The molecule has 1 aromatic rings. The monoisotopic (exact) mass is 277 g/mol. The number of rotatable bonds is 1. The summed E-state index contributed by atoms with van der Waals surface area (Å²) >= 11 is 0. The van der Waals surface area contributed by atoms with E-state index in [9.17, 15) is 4.79 Å². The summed E-state index contributed by atoms with van der Waals surface area (Å²) in [6.45, 7) is 8.76. The Morgan fingerprint density at radius 2 is 2.10 bits per heavy atom. The van der Waals surface area contributed by atoms with E-state index >= 15 is 0 Å². The first kappa shape index (κ1) is 14.7.